The summed E-state index contributed by atoms with van der Waals surface area (Å²) in [7, 11) is 5.07. The van der Waals surface area contributed by atoms with Crippen molar-refractivity contribution < 1.29 is 33.2 Å². The SMILES string of the molecule is COc1ccc(C2(c3ccc(OC)cc3)C=Cc3c4c(c5cc6c(cc5c3O2)OC(OC)C(N2CCOCC2)O6)-c2ccccc2C42CC(C)(C)CC(C)(C)C2)cc1. The third kappa shape index (κ3) is 5.74. The Morgan fingerprint density at radius 1 is 0.690 bits per heavy atom. The van der Waals surface area contributed by atoms with Crippen LogP contribution in [-0.4, -0.2) is 65.1 Å². The highest BCUT2D eigenvalue weighted by Gasteiger charge is 2.56. The summed E-state index contributed by atoms with van der Waals surface area (Å²) in [5.41, 5.74) is 7.36. The first-order valence-electron chi connectivity index (χ1n) is 20.6. The van der Waals surface area contributed by atoms with Crippen molar-refractivity contribution in [1.29, 1.82) is 0 Å². The first-order valence-corrected chi connectivity index (χ1v) is 20.6. The van der Waals surface area contributed by atoms with Gasteiger partial charge in [-0.05, 0) is 100 Å². The van der Waals surface area contributed by atoms with Crippen molar-refractivity contribution in [2.75, 3.05) is 47.6 Å². The van der Waals surface area contributed by atoms with Gasteiger partial charge in [0, 0.05) is 47.7 Å². The molecule has 8 nitrogen and oxygen atoms in total. The Morgan fingerprint density at radius 2 is 1.29 bits per heavy atom. The Morgan fingerprint density at radius 3 is 1.91 bits per heavy atom. The van der Waals surface area contributed by atoms with Gasteiger partial charge in [0.1, 0.15) is 17.2 Å². The molecule has 3 aliphatic heterocycles. The maximum absolute atomic E-state index is 7.76. The van der Waals surface area contributed by atoms with E-state index in [-0.39, 0.29) is 16.2 Å². The minimum Gasteiger partial charge on any atom is -0.497 e. The topological polar surface area (TPSA) is 67.9 Å². The maximum atomic E-state index is 7.76. The molecule has 5 aromatic rings. The van der Waals surface area contributed by atoms with Crippen LogP contribution in [0.5, 0.6) is 28.7 Å². The molecule has 5 aliphatic rings. The summed E-state index contributed by atoms with van der Waals surface area (Å²) in [6.07, 6.45) is 6.77. The van der Waals surface area contributed by atoms with Crippen molar-refractivity contribution in [3.8, 4) is 39.9 Å². The predicted molar refractivity (Wildman–Crippen MR) is 226 cm³/mol. The molecule has 300 valence electrons. The fraction of sp³-hybridized carbons (Fsp3) is 0.400. The average molecular weight is 780 g/mol. The Labute approximate surface area is 341 Å². The average Bonchev–Trinajstić information content (AvgIpc) is 3.49. The molecule has 1 saturated heterocycles. The smallest absolute Gasteiger partial charge is 0.251 e. The fourth-order valence-corrected chi connectivity index (χ4v) is 11.6. The summed E-state index contributed by atoms with van der Waals surface area (Å²) in [6.45, 7) is 12.6. The van der Waals surface area contributed by atoms with E-state index in [1.807, 2.05) is 24.3 Å². The number of methoxy groups -OCH3 is 3. The molecule has 2 unspecified atom stereocenters. The fourth-order valence-electron chi connectivity index (χ4n) is 11.6. The molecular formula is C50H53NO7. The molecule has 0 N–H and O–H groups in total. The number of fused-ring (bicyclic) bond motifs is 11. The summed E-state index contributed by atoms with van der Waals surface area (Å²) in [4.78, 5) is 2.25. The monoisotopic (exact) mass is 779 g/mol. The lowest BCUT2D eigenvalue weighted by Gasteiger charge is -2.52. The molecule has 2 atom stereocenters. The van der Waals surface area contributed by atoms with Gasteiger partial charge >= 0.3 is 0 Å². The summed E-state index contributed by atoms with van der Waals surface area (Å²) >= 11 is 0. The van der Waals surface area contributed by atoms with Gasteiger partial charge in [0.25, 0.3) is 6.29 Å². The van der Waals surface area contributed by atoms with Gasteiger partial charge in [0.2, 0.25) is 6.23 Å². The third-order valence-electron chi connectivity index (χ3n) is 13.2. The molecule has 8 heteroatoms. The maximum Gasteiger partial charge on any atom is 0.251 e. The van der Waals surface area contributed by atoms with E-state index in [2.05, 4.69) is 105 Å². The number of rotatable bonds is 6. The van der Waals surface area contributed by atoms with Crippen LogP contribution in [0.25, 0.3) is 28.0 Å². The molecule has 1 saturated carbocycles. The van der Waals surface area contributed by atoms with E-state index in [4.69, 9.17) is 33.2 Å². The van der Waals surface area contributed by atoms with E-state index in [1.165, 1.54) is 22.3 Å². The van der Waals surface area contributed by atoms with Crippen molar-refractivity contribution in [2.24, 2.45) is 10.8 Å². The second-order valence-electron chi connectivity index (χ2n) is 18.3. The standard InChI is InChI=1S/C50H53NO7/c1-47(2)28-48(3,4)30-49(29-47)39-11-9-8-10-35(39)42-37-26-40-41(57-46(54-7)45(56-40)51-22-24-55-25-23-51)27-38(37)44-36(43(42)49)20-21-50(58-44,31-12-16-33(52-5)17-13-31)32-14-18-34(53-6)19-15-32/h8-21,26-27,45-46H,22-25,28-30H2,1-7H3. The summed E-state index contributed by atoms with van der Waals surface area (Å²) < 4.78 is 44.3. The van der Waals surface area contributed by atoms with Crippen LogP contribution in [0.4, 0.5) is 0 Å². The zero-order valence-electron chi connectivity index (χ0n) is 34.6. The molecule has 2 aliphatic carbocycles. The van der Waals surface area contributed by atoms with Crippen molar-refractivity contribution in [2.45, 2.75) is 70.5 Å². The highest BCUT2D eigenvalue weighted by Crippen LogP contribution is 2.67. The van der Waals surface area contributed by atoms with Crippen molar-refractivity contribution in [3.63, 3.8) is 0 Å². The van der Waals surface area contributed by atoms with Crippen molar-refractivity contribution >= 4 is 16.8 Å². The molecule has 0 bridgehead atoms. The number of hydrogen-bond acceptors (Lipinski definition) is 8. The number of hydrogen-bond donors (Lipinski definition) is 0. The lowest BCUT2D eigenvalue weighted by molar-refractivity contribution is -0.195. The Bertz CT molecular complexity index is 2360. The van der Waals surface area contributed by atoms with Crippen LogP contribution >= 0.6 is 0 Å². The van der Waals surface area contributed by atoms with Crippen LogP contribution in [0.1, 0.15) is 74.8 Å². The molecular weight excluding hydrogens is 727 g/mol. The lowest BCUT2D eigenvalue weighted by atomic mass is 9.52. The van der Waals surface area contributed by atoms with Gasteiger partial charge in [0.15, 0.2) is 17.1 Å². The molecule has 58 heavy (non-hydrogen) atoms. The Kier molecular flexibility index (Phi) is 8.68. The first kappa shape index (κ1) is 37.3. The zero-order valence-corrected chi connectivity index (χ0v) is 34.6. The number of benzene rings is 5. The zero-order chi connectivity index (χ0) is 40.0. The molecule has 3 heterocycles. The molecule has 0 amide bonds. The van der Waals surface area contributed by atoms with Crippen LogP contribution in [-0.2, 0) is 20.5 Å². The quantitative estimate of drug-likeness (QED) is 0.169. The summed E-state index contributed by atoms with van der Waals surface area (Å²) in [5, 5.41) is 2.06. The molecule has 0 radical (unpaired) electrons. The van der Waals surface area contributed by atoms with Gasteiger partial charge in [-0.1, -0.05) is 82.3 Å². The van der Waals surface area contributed by atoms with Gasteiger partial charge in [-0.25, -0.2) is 0 Å². The van der Waals surface area contributed by atoms with Gasteiger partial charge in [-0.15, -0.1) is 0 Å². The van der Waals surface area contributed by atoms with Crippen LogP contribution in [0.15, 0.2) is 91.0 Å². The van der Waals surface area contributed by atoms with Gasteiger partial charge in [0.05, 0.1) is 27.4 Å². The highest BCUT2D eigenvalue weighted by atomic mass is 16.7. The molecule has 10 rings (SSSR count). The van der Waals surface area contributed by atoms with Gasteiger partial charge in [-0.3, -0.25) is 4.90 Å². The number of morpholine rings is 1. The Hall–Kier alpha value is -5.02. The van der Waals surface area contributed by atoms with E-state index in [0.29, 0.717) is 24.7 Å². The predicted octanol–water partition coefficient (Wildman–Crippen LogP) is 10.1. The largest absolute Gasteiger partial charge is 0.497 e. The van der Waals surface area contributed by atoms with Crippen LogP contribution < -0.4 is 23.7 Å². The normalized spacial score (nSPS) is 23.1. The molecule has 1 spiro atoms. The summed E-state index contributed by atoms with van der Waals surface area (Å²) in [5.74, 6) is 3.72. The van der Waals surface area contributed by atoms with Gasteiger partial charge < -0.3 is 33.2 Å². The molecule has 2 fully saturated rings. The van der Waals surface area contributed by atoms with E-state index in [9.17, 15) is 0 Å². The summed E-state index contributed by atoms with van der Waals surface area (Å²) in [6, 6.07) is 29.9. The number of ether oxygens (including phenoxy) is 7. The third-order valence-corrected chi connectivity index (χ3v) is 13.2. The second-order valence-corrected chi connectivity index (χ2v) is 18.3. The lowest BCUT2D eigenvalue weighted by Crippen LogP contribution is -2.55. The second kappa shape index (κ2) is 13.5. The van der Waals surface area contributed by atoms with E-state index < -0.39 is 18.1 Å². The Balaban J connectivity index is 1.27. The van der Waals surface area contributed by atoms with Crippen molar-refractivity contribution in [1.82, 2.24) is 4.90 Å². The van der Waals surface area contributed by atoms with Crippen LogP contribution in [0, 0.1) is 10.8 Å². The highest BCUT2D eigenvalue weighted by molar-refractivity contribution is 6.09. The van der Waals surface area contributed by atoms with E-state index in [1.54, 1.807) is 21.3 Å². The number of nitrogens with zero attached hydrogens (tertiary/aromatic N) is 1. The van der Waals surface area contributed by atoms with Crippen LogP contribution in [0.2, 0.25) is 0 Å². The van der Waals surface area contributed by atoms with Gasteiger partial charge in [-0.2, -0.15) is 0 Å². The van der Waals surface area contributed by atoms with Crippen molar-refractivity contribution in [3.05, 3.63) is 119 Å². The molecule has 0 aromatic heterocycles. The molecule has 5 aromatic carbocycles. The van der Waals surface area contributed by atoms with E-state index in [0.717, 1.165) is 77.1 Å². The van der Waals surface area contributed by atoms with E-state index >= 15 is 0 Å². The first-order chi connectivity index (χ1) is 28.0. The minimum absolute atomic E-state index is 0.0981. The van der Waals surface area contributed by atoms with Crippen LogP contribution in [0.3, 0.4) is 0 Å². The minimum atomic E-state index is -0.972.